The van der Waals surface area contributed by atoms with Gasteiger partial charge in [0.25, 0.3) is 0 Å². The van der Waals surface area contributed by atoms with E-state index in [1.54, 1.807) is 25.1 Å². The van der Waals surface area contributed by atoms with Crippen molar-refractivity contribution < 1.29 is 26.4 Å². The van der Waals surface area contributed by atoms with Gasteiger partial charge in [0, 0.05) is 25.0 Å². The number of rotatable bonds is 7. The van der Waals surface area contributed by atoms with Gasteiger partial charge in [-0.25, -0.2) is 23.4 Å². The molecule has 3 heterocycles. The van der Waals surface area contributed by atoms with Gasteiger partial charge >= 0.3 is 6.18 Å². The summed E-state index contributed by atoms with van der Waals surface area (Å²) >= 11 is 0. The summed E-state index contributed by atoms with van der Waals surface area (Å²) in [5, 5.41) is 8.11. The largest absolute Gasteiger partial charge is 0.421 e. The Morgan fingerprint density at radius 1 is 1.17 bits per heavy atom. The molecule has 0 spiro atoms. The molecule has 0 unspecified atom stereocenters. The molecule has 0 aliphatic carbocycles. The predicted molar refractivity (Wildman–Crippen MR) is 126 cm³/mol. The number of amides is 1. The molecule has 0 bridgehead atoms. The molecule has 15 heteroatoms. The van der Waals surface area contributed by atoms with Crippen LogP contribution in [0.3, 0.4) is 0 Å². The molecule has 1 aliphatic rings. The topological polar surface area (TPSA) is 142 Å². The number of nitrogens with zero attached hydrogens (tertiary/aromatic N) is 5. The normalized spacial score (nSPS) is 13.2. The van der Waals surface area contributed by atoms with Gasteiger partial charge in [0.15, 0.2) is 0 Å². The summed E-state index contributed by atoms with van der Waals surface area (Å²) in [6, 6.07) is 5.10. The van der Waals surface area contributed by atoms with Crippen molar-refractivity contribution in [1.29, 1.82) is 0 Å². The molecular weight excluding hydrogens is 501 g/mol. The number of carbonyl (C=O) groups excluding carboxylic acids is 1. The summed E-state index contributed by atoms with van der Waals surface area (Å²) in [5.74, 6) is -0.712. The number of para-hydroxylation sites is 1. The van der Waals surface area contributed by atoms with E-state index in [4.69, 9.17) is 0 Å². The molecule has 1 amide bonds. The minimum absolute atomic E-state index is 0.0518. The van der Waals surface area contributed by atoms with Gasteiger partial charge in [-0.15, -0.1) is 0 Å². The number of anilines is 5. The van der Waals surface area contributed by atoms with Gasteiger partial charge in [-0.05, 0) is 18.6 Å². The van der Waals surface area contributed by atoms with Gasteiger partial charge in [0.05, 0.1) is 30.6 Å². The van der Waals surface area contributed by atoms with Crippen molar-refractivity contribution in [2.45, 2.75) is 26.1 Å². The number of nitrogens with one attached hydrogen (secondary N) is 3. The van der Waals surface area contributed by atoms with Crippen molar-refractivity contribution in [3.8, 4) is 0 Å². The Hall–Kier alpha value is -4.01. The zero-order chi connectivity index (χ0) is 26.3. The number of hydrogen-bond donors (Lipinski definition) is 3. The first-order valence-electron chi connectivity index (χ1n) is 10.5. The molecule has 11 nitrogen and oxygen atoms in total. The summed E-state index contributed by atoms with van der Waals surface area (Å²) < 4.78 is 65.6. The van der Waals surface area contributed by atoms with Crippen molar-refractivity contribution in [2.75, 3.05) is 33.6 Å². The van der Waals surface area contributed by atoms with Crippen molar-refractivity contribution in [3.05, 3.63) is 53.1 Å². The lowest BCUT2D eigenvalue weighted by molar-refractivity contribution is -0.137. The summed E-state index contributed by atoms with van der Waals surface area (Å²) in [6.07, 6.45) is -1.54. The second-order valence-corrected chi connectivity index (χ2v) is 10.0. The summed E-state index contributed by atoms with van der Waals surface area (Å²) in [7, 11) is -2.30. The number of fused-ring (bicyclic) bond motifs is 1. The first-order chi connectivity index (χ1) is 16.8. The van der Waals surface area contributed by atoms with Crippen LogP contribution in [0.15, 0.2) is 30.6 Å². The Balaban J connectivity index is 1.62. The van der Waals surface area contributed by atoms with Gasteiger partial charge < -0.3 is 16.0 Å². The second kappa shape index (κ2) is 9.22. The number of benzene rings is 1. The van der Waals surface area contributed by atoms with E-state index in [0.29, 0.717) is 23.1 Å². The van der Waals surface area contributed by atoms with Crippen LogP contribution in [-0.4, -0.2) is 47.6 Å². The van der Waals surface area contributed by atoms with Crippen LogP contribution in [0.1, 0.15) is 22.5 Å². The van der Waals surface area contributed by atoms with E-state index in [1.165, 1.54) is 13.2 Å². The summed E-state index contributed by atoms with van der Waals surface area (Å²) in [4.78, 5) is 27.7. The Bertz CT molecular complexity index is 1450. The standard InChI is InChI=1S/C21H21F3N8O3S/c1-11-8-25-15(29-19(11)32(2)36(3,34)35)10-26-18-13(21(22,23)24)9-27-20(31-18)28-14-6-4-5-12-7-16(33)30-17(12)14/h4-6,8-9H,7,10H2,1-3H3,(H,30,33)(H2,26,27,28,31). The number of aromatic nitrogens is 4. The fourth-order valence-electron chi connectivity index (χ4n) is 3.45. The Morgan fingerprint density at radius 3 is 2.61 bits per heavy atom. The van der Waals surface area contributed by atoms with Crippen LogP contribution in [0, 0.1) is 6.92 Å². The van der Waals surface area contributed by atoms with E-state index < -0.39 is 27.6 Å². The SMILES string of the molecule is Cc1cnc(CNc2nc(Nc3cccc4c3NC(=O)C4)ncc2C(F)(F)F)nc1N(C)S(C)(=O)=O. The lowest BCUT2D eigenvalue weighted by atomic mass is 10.1. The van der Waals surface area contributed by atoms with E-state index in [-0.39, 0.29) is 36.5 Å². The van der Waals surface area contributed by atoms with E-state index in [2.05, 4.69) is 35.9 Å². The second-order valence-electron chi connectivity index (χ2n) is 8.02. The molecule has 36 heavy (non-hydrogen) atoms. The minimum Gasteiger partial charge on any atom is -0.362 e. The predicted octanol–water partition coefficient (Wildman–Crippen LogP) is 2.84. The smallest absolute Gasteiger partial charge is 0.362 e. The van der Waals surface area contributed by atoms with Crippen LogP contribution in [0.4, 0.5) is 42.1 Å². The number of sulfonamides is 1. The van der Waals surface area contributed by atoms with E-state index in [1.807, 2.05) is 0 Å². The molecule has 1 aliphatic heterocycles. The fraction of sp³-hybridized carbons (Fsp3) is 0.286. The molecule has 190 valence electrons. The van der Waals surface area contributed by atoms with Crippen molar-refractivity contribution >= 4 is 44.9 Å². The number of alkyl halides is 3. The molecule has 0 saturated carbocycles. The zero-order valence-electron chi connectivity index (χ0n) is 19.3. The van der Waals surface area contributed by atoms with Gasteiger partial charge in [0.2, 0.25) is 21.9 Å². The Morgan fingerprint density at radius 2 is 1.92 bits per heavy atom. The lowest BCUT2D eigenvalue weighted by Crippen LogP contribution is -2.27. The molecule has 4 rings (SSSR count). The van der Waals surface area contributed by atoms with Crippen molar-refractivity contribution in [2.24, 2.45) is 0 Å². The third-order valence-electron chi connectivity index (χ3n) is 5.31. The molecule has 0 fully saturated rings. The highest BCUT2D eigenvalue weighted by Crippen LogP contribution is 2.36. The van der Waals surface area contributed by atoms with Crippen LogP contribution in [0.2, 0.25) is 0 Å². The van der Waals surface area contributed by atoms with Crippen LogP contribution in [0.25, 0.3) is 0 Å². The van der Waals surface area contributed by atoms with Gasteiger partial charge in [-0.2, -0.15) is 18.2 Å². The van der Waals surface area contributed by atoms with Crippen LogP contribution in [0.5, 0.6) is 0 Å². The molecule has 1 aromatic carbocycles. The fourth-order valence-corrected chi connectivity index (χ4v) is 3.95. The zero-order valence-corrected chi connectivity index (χ0v) is 20.1. The maximum atomic E-state index is 13.6. The van der Waals surface area contributed by atoms with E-state index in [0.717, 1.165) is 16.1 Å². The quantitative estimate of drug-likeness (QED) is 0.427. The first kappa shape index (κ1) is 25.1. The van der Waals surface area contributed by atoms with Crippen LogP contribution >= 0.6 is 0 Å². The highest BCUT2D eigenvalue weighted by Gasteiger charge is 2.35. The van der Waals surface area contributed by atoms with Crippen molar-refractivity contribution in [3.63, 3.8) is 0 Å². The maximum absolute atomic E-state index is 13.6. The van der Waals surface area contributed by atoms with Gasteiger partial charge in [-0.1, -0.05) is 12.1 Å². The molecule has 0 atom stereocenters. The Labute approximate surface area is 204 Å². The summed E-state index contributed by atoms with van der Waals surface area (Å²) in [6.45, 7) is 1.34. The molecule has 0 radical (unpaired) electrons. The van der Waals surface area contributed by atoms with Crippen LogP contribution in [-0.2, 0) is 34.0 Å². The third-order valence-corrected chi connectivity index (χ3v) is 6.48. The number of aryl methyl sites for hydroxylation is 1. The van der Waals surface area contributed by atoms with Gasteiger partial charge in [-0.3, -0.25) is 9.10 Å². The highest BCUT2D eigenvalue weighted by atomic mass is 32.2. The number of halogens is 3. The first-order valence-corrected chi connectivity index (χ1v) is 12.3. The average molecular weight is 523 g/mol. The average Bonchev–Trinajstić information content (AvgIpc) is 3.18. The minimum atomic E-state index is -4.75. The third kappa shape index (κ3) is 5.30. The molecule has 0 saturated heterocycles. The maximum Gasteiger partial charge on any atom is 0.421 e. The lowest BCUT2D eigenvalue weighted by Gasteiger charge is -2.18. The van der Waals surface area contributed by atoms with Crippen LogP contribution < -0.4 is 20.3 Å². The molecule has 3 aromatic rings. The molecular formula is C21H21F3N8O3S. The van der Waals surface area contributed by atoms with Crippen molar-refractivity contribution in [1.82, 2.24) is 19.9 Å². The van der Waals surface area contributed by atoms with E-state index >= 15 is 0 Å². The highest BCUT2D eigenvalue weighted by molar-refractivity contribution is 7.92. The molecule has 3 N–H and O–H groups in total. The number of carbonyl (C=O) groups is 1. The van der Waals surface area contributed by atoms with E-state index in [9.17, 15) is 26.4 Å². The van der Waals surface area contributed by atoms with Gasteiger partial charge in [0.1, 0.15) is 23.0 Å². The number of hydrogen-bond acceptors (Lipinski definition) is 9. The molecule has 2 aromatic heterocycles. The Kier molecular flexibility index (Phi) is 6.43. The monoisotopic (exact) mass is 522 g/mol. The summed E-state index contributed by atoms with van der Waals surface area (Å²) in [5.41, 5.74) is 1.04.